The maximum Gasteiger partial charge on any atom is 0.257 e. The van der Waals surface area contributed by atoms with Gasteiger partial charge in [-0.25, -0.2) is 4.98 Å². The van der Waals surface area contributed by atoms with Crippen LogP contribution >= 0.6 is 11.8 Å². The summed E-state index contributed by atoms with van der Waals surface area (Å²) < 4.78 is 5.76. The Balaban J connectivity index is 1.26. The molecule has 0 aliphatic heterocycles. The standard InChI is InChI=1S/C29H33NO5S/c1-16-12-18-19-9-11-29(34,24(33)15-36-26-30-21-6-4-5-7-23(21)35-26)28(19,3)14-22(32)25(18)27(2)10-8-17(31)13-20(16)27/h4-8,10,13,16,18-19,22,25,32,34H,9,11-12,14-15H2,1-3H3/t16-,18?,19?,22-,25+,27?,28?,29-/m0/s1. The van der Waals surface area contributed by atoms with Gasteiger partial charge in [-0.3, -0.25) is 9.59 Å². The summed E-state index contributed by atoms with van der Waals surface area (Å²) in [5, 5.41) is 23.9. The zero-order chi connectivity index (χ0) is 25.5. The highest BCUT2D eigenvalue weighted by molar-refractivity contribution is 7.99. The maximum absolute atomic E-state index is 13.6. The van der Waals surface area contributed by atoms with E-state index in [9.17, 15) is 19.8 Å². The third kappa shape index (κ3) is 3.28. The lowest BCUT2D eigenvalue weighted by atomic mass is 9.45. The first-order valence-electron chi connectivity index (χ1n) is 12.9. The second-order valence-corrected chi connectivity index (χ2v) is 12.7. The molecule has 7 heteroatoms. The average molecular weight is 508 g/mol. The smallest absolute Gasteiger partial charge is 0.257 e. The topological polar surface area (TPSA) is 101 Å². The Morgan fingerprint density at radius 2 is 2.06 bits per heavy atom. The molecule has 4 aliphatic carbocycles. The van der Waals surface area contributed by atoms with Crippen LogP contribution in [0.4, 0.5) is 0 Å². The predicted molar refractivity (Wildman–Crippen MR) is 137 cm³/mol. The van der Waals surface area contributed by atoms with Crippen LogP contribution in [0.5, 0.6) is 0 Å². The molecule has 1 aromatic heterocycles. The number of fused-ring (bicyclic) bond motifs is 6. The Hall–Kier alpha value is -2.22. The Labute approximate surface area is 215 Å². The molecule has 4 unspecified atom stereocenters. The van der Waals surface area contributed by atoms with Gasteiger partial charge in [-0.15, -0.1) is 0 Å². The summed E-state index contributed by atoms with van der Waals surface area (Å²) in [6.07, 6.45) is 7.10. The molecule has 0 spiro atoms. The van der Waals surface area contributed by atoms with Gasteiger partial charge < -0.3 is 14.6 Å². The van der Waals surface area contributed by atoms with Gasteiger partial charge in [-0.1, -0.05) is 56.3 Å². The highest BCUT2D eigenvalue weighted by Gasteiger charge is 2.68. The zero-order valence-electron chi connectivity index (χ0n) is 20.9. The number of carbonyl (C=O) groups is 2. The van der Waals surface area contributed by atoms with E-state index >= 15 is 0 Å². The molecule has 2 N–H and O–H groups in total. The summed E-state index contributed by atoms with van der Waals surface area (Å²) in [4.78, 5) is 30.2. The van der Waals surface area contributed by atoms with Crippen LogP contribution in [0.1, 0.15) is 46.5 Å². The van der Waals surface area contributed by atoms with Gasteiger partial charge in [0.15, 0.2) is 17.1 Å². The van der Waals surface area contributed by atoms with Crippen molar-refractivity contribution in [3.8, 4) is 0 Å². The van der Waals surface area contributed by atoms with E-state index in [2.05, 4.69) is 18.8 Å². The molecular formula is C29H33NO5S. The fourth-order valence-corrected chi connectivity index (χ4v) is 9.18. The molecule has 3 saturated carbocycles. The molecule has 4 aliphatic rings. The Kier molecular flexibility index (Phi) is 5.46. The number of benzene rings is 1. The molecule has 190 valence electrons. The number of ketones is 2. The lowest BCUT2D eigenvalue weighted by molar-refractivity contribution is -0.176. The van der Waals surface area contributed by atoms with Crippen LogP contribution in [0.25, 0.3) is 11.1 Å². The molecular weight excluding hydrogens is 474 g/mol. The highest BCUT2D eigenvalue weighted by atomic mass is 32.2. The van der Waals surface area contributed by atoms with Crippen LogP contribution < -0.4 is 0 Å². The number of thioether (sulfide) groups is 1. The minimum atomic E-state index is -1.50. The third-order valence-corrected chi connectivity index (χ3v) is 10.9. The maximum atomic E-state index is 13.6. The molecule has 0 bridgehead atoms. The van der Waals surface area contributed by atoms with Crippen LogP contribution in [0.15, 0.2) is 57.7 Å². The fraction of sp³-hybridized carbons (Fsp3) is 0.552. The van der Waals surface area contributed by atoms with Crippen LogP contribution in [0.3, 0.4) is 0 Å². The second kappa shape index (κ2) is 8.14. The van der Waals surface area contributed by atoms with E-state index in [0.717, 1.165) is 23.9 Å². The fourth-order valence-electron chi connectivity index (χ4n) is 8.37. The molecule has 2 aromatic rings. The Morgan fingerprint density at radius 1 is 1.28 bits per heavy atom. The van der Waals surface area contributed by atoms with Crippen molar-refractivity contribution in [2.24, 2.45) is 34.5 Å². The Bertz CT molecular complexity index is 1280. The van der Waals surface area contributed by atoms with Crippen LogP contribution in [-0.2, 0) is 9.59 Å². The van der Waals surface area contributed by atoms with Crippen LogP contribution in [-0.4, -0.2) is 44.2 Å². The minimum absolute atomic E-state index is 0.0141. The van der Waals surface area contributed by atoms with Gasteiger partial charge >= 0.3 is 0 Å². The number of hydrogen-bond donors (Lipinski definition) is 2. The summed E-state index contributed by atoms with van der Waals surface area (Å²) in [6.45, 7) is 6.31. The molecule has 0 saturated heterocycles. The number of para-hydroxylation sites is 2. The first kappa shape index (κ1) is 24.1. The SMILES string of the molecule is C[C@H]1CC2C3CC[C@](O)(C(=O)CSc4nc5ccccc5o4)C3(C)C[C@H](O)[C@@H]2C2(C)C=CC(=O)C=C12. The van der Waals surface area contributed by atoms with Crippen LogP contribution in [0, 0.1) is 34.5 Å². The van der Waals surface area contributed by atoms with E-state index in [1.54, 1.807) is 12.2 Å². The van der Waals surface area contributed by atoms with Gasteiger partial charge in [0, 0.05) is 16.7 Å². The minimum Gasteiger partial charge on any atom is -0.431 e. The predicted octanol–water partition coefficient (Wildman–Crippen LogP) is 4.74. The Morgan fingerprint density at radius 3 is 2.83 bits per heavy atom. The molecule has 0 radical (unpaired) electrons. The van der Waals surface area contributed by atoms with Crippen molar-refractivity contribution in [3.05, 3.63) is 48.1 Å². The second-order valence-electron chi connectivity index (χ2n) is 11.8. The normalized spacial score (nSPS) is 41.5. The highest BCUT2D eigenvalue weighted by Crippen LogP contribution is 2.67. The molecule has 6 rings (SSSR count). The summed E-state index contributed by atoms with van der Waals surface area (Å²) in [5.41, 5.74) is -0.0679. The number of rotatable bonds is 4. The van der Waals surface area contributed by atoms with E-state index in [1.165, 1.54) is 11.8 Å². The quantitative estimate of drug-likeness (QED) is 0.576. The van der Waals surface area contributed by atoms with Crippen molar-refractivity contribution in [1.29, 1.82) is 0 Å². The number of aromatic nitrogens is 1. The first-order valence-corrected chi connectivity index (χ1v) is 13.9. The lowest BCUT2D eigenvalue weighted by Gasteiger charge is -2.60. The van der Waals surface area contributed by atoms with E-state index in [4.69, 9.17) is 4.42 Å². The third-order valence-electron chi connectivity index (χ3n) is 10.0. The van der Waals surface area contributed by atoms with Gasteiger partial charge in [-0.05, 0) is 67.7 Å². The number of aliphatic hydroxyl groups is 2. The van der Waals surface area contributed by atoms with Gasteiger partial charge in [0.1, 0.15) is 11.1 Å². The number of allylic oxidation sites excluding steroid dienone is 4. The number of Topliss-reactive ketones (excluding diaryl/α,β-unsaturated/α-hetero) is 1. The monoisotopic (exact) mass is 507 g/mol. The number of hydrogen-bond acceptors (Lipinski definition) is 7. The van der Waals surface area contributed by atoms with Crippen molar-refractivity contribution < 1.29 is 24.2 Å². The van der Waals surface area contributed by atoms with Crippen LogP contribution in [0.2, 0.25) is 0 Å². The van der Waals surface area contributed by atoms with Crippen molar-refractivity contribution in [2.75, 3.05) is 5.75 Å². The summed E-state index contributed by atoms with van der Waals surface area (Å²) in [6, 6.07) is 7.47. The summed E-state index contributed by atoms with van der Waals surface area (Å²) in [5.74, 6) is 0.334. The molecule has 3 fully saturated rings. The van der Waals surface area contributed by atoms with Crippen molar-refractivity contribution in [1.82, 2.24) is 4.98 Å². The van der Waals surface area contributed by atoms with Gasteiger partial charge in [0.2, 0.25) is 0 Å². The molecule has 1 aromatic carbocycles. The zero-order valence-corrected chi connectivity index (χ0v) is 21.8. The number of carbonyl (C=O) groups excluding carboxylic acids is 2. The largest absolute Gasteiger partial charge is 0.431 e. The van der Waals surface area contributed by atoms with E-state index < -0.39 is 17.1 Å². The van der Waals surface area contributed by atoms with Gasteiger partial charge in [0.05, 0.1) is 11.9 Å². The van der Waals surface area contributed by atoms with Gasteiger partial charge in [0.25, 0.3) is 5.22 Å². The molecule has 1 heterocycles. The number of oxazole rings is 1. The van der Waals surface area contributed by atoms with E-state index in [1.807, 2.05) is 37.3 Å². The summed E-state index contributed by atoms with van der Waals surface area (Å²) >= 11 is 1.22. The van der Waals surface area contributed by atoms with E-state index in [-0.39, 0.29) is 46.4 Å². The van der Waals surface area contributed by atoms with Crippen molar-refractivity contribution in [2.45, 2.75) is 63.4 Å². The van der Waals surface area contributed by atoms with Crippen molar-refractivity contribution >= 4 is 34.4 Å². The lowest BCUT2D eigenvalue weighted by Crippen LogP contribution is -2.62. The van der Waals surface area contributed by atoms with E-state index in [0.29, 0.717) is 23.6 Å². The number of aliphatic hydroxyl groups excluding tert-OH is 1. The molecule has 8 atom stereocenters. The average Bonchev–Trinajstić information content (AvgIpc) is 3.37. The van der Waals surface area contributed by atoms with Gasteiger partial charge in [-0.2, -0.15) is 0 Å². The molecule has 36 heavy (non-hydrogen) atoms. The first-order chi connectivity index (χ1) is 17.1. The summed E-state index contributed by atoms with van der Waals surface area (Å²) in [7, 11) is 0. The molecule has 0 amide bonds. The molecule has 6 nitrogen and oxygen atoms in total. The number of nitrogens with zero attached hydrogens (tertiary/aromatic N) is 1. The van der Waals surface area contributed by atoms with Crippen molar-refractivity contribution in [3.63, 3.8) is 0 Å².